The maximum atomic E-state index is 13.2. The summed E-state index contributed by atoms with van der Waals surface area (Å²) in [6.07, 6.45) is -10.8. The third kappa shape index (κ3) is 4.56. The Morgan fingerprint density at radius 2 is 1.70 bits per heavy atom. The number of anilines is 1. The van der Waals surface area contributed by atoms with Crippen molar-refractivity contribution in [3.63, 3.8) is 0 Å². The van der Waals surface area contributed by atoms with Crippen molar-refractivity contribution in [2.24, 2.45) is 4.99 Å². The van der Waals surface area contributed by atoms with Crippen LogP contribution in [0.3, 0.4) is 0 Å². The monoisotopic (exact) mass is 471 g/mol. The number of amides is 1. The zero-order chi connectivity index (χ0) is 22.5. The Bertz CT molecular complexity index is 1030. The molecule has 2 fully saturated rings. The van der Waals surface area contributed by atoms with Gasteiger partial charge in [-0.15, -0.1) is 0 Å². The molecule has 3 rings (SSSR count). The van der Waals surface area contributed by atoms with Crippen LogP contribution in [0.2, 0.25) is 0 Å². The SMILES string of the molecule is N#CCC(=O)N=C1S[C@H]2CS(=O)(=O)C[C@@H]2N1c1cc(C(F)(F)F)cc(C(F)(F)F)c1. The van der Waals surface area contributed by atoms with Crippen LogP contribution < -0.4 is 4.90 Å². The number of fused-ring (bicyclic) bond motifs is 1. The Morgan fingerprint density at radius 3 is 2.20 bits per heavy atom. The topological polar surface area (TPSA) is 90.6 Å². The van der Waals surface area contributed by atoms with E-state index in [0.717, 1.165) is 16.7 Å². The summed E-state index contributed by atoms with van der Waals surface area (Å²) in [5.74, 6) is -1.83. The molecule has 0 aromatic heterocycles. The number of nitrogens with zero attached hydrogens (tertiary/aromatic N) is 3. The van der Waals surface area contributed by atoms with Crippen molar-refractivity contribution < 1.29 is 39.6 Å². The standard InChI is InChI=1S/C16H11F6N3O3S2/c17-15(18,19)8-3-9(16(20,21)22)5-10(4-8)25-11-6-30(27,28)7-12(11)29-14(25)24-13(26)1-2-23/h3-5,11-12H,1,6-7H2/t11-,12-/m0/s1. The van der Waals surface area contributed by atoms with Crippen molar-refractivity contribution in [3.8, 4) is 6.07 Å². The Labute approximate surface area is 170 Å². The molecule has 30 heavy (non-hydrogen) atoms. The lowest BCUT2D eigenvalue weighted by molar-refractivity contribution is -0.143. The van der Waals surface area contributed by atoms with Crippen LogP contribution in [-0.2, 0) is 27.0 Å². The Hall–Kier alpha value is -2.27. The van der Waals surface area contributed by atoms with E-state index in [9.17, 15) is 39.6 Å². The number of aliphatic imine (C=N–C) groups is 1. The predicted octanol–water partition coefficient (Wildman–Crippen LogP) is 3.24. The minimum Gasteiger partial charge on any atom is -0.316 e. The number of carbonyl (C=O) groups excluding carboxylic acids is 1. The molecule has 2 atom stereocenters. The first-order chi connectivity index (χ1) is 13.7. The van der Waals surface area contributed by atoms with E-state index in [2.05, 4.69) is 4.99 Å². The molecule has 1 amide bonds. The Morgan fingerprint density at radius 1 is 1.13 bits per heavy atom. The molecule has 162 valence electrons. The van der Waals surface area contributed by atoms with Gasteiger partial charge in [-0.05, 0) is 18.2 Å². The third-order valence-electron chi connectivity index (χ3n) is 4.37. The van der Waals surface area contributed by atoms with Gasteiger partial charge in [0.1, 0.15) is 6.42 Å². The number of rotatable bonds is 2. The number of benzene rings is 1. The third-order valence-corrected chi connectivity index (χ3v) is 7.58. The summed E-state index contributed by atoms with van der Waals surface area (Å²) in [7, 11) is -3.58. The van der Waals surface area contributed by atoms with Gasteiger partial charge in [-0.25, -0.2) is 8.42 Å². The second kappa shape index (κ2) is 7.45. The molecule has 0 unspecified atom stereocenters. The second-order valence-corrected chi connectivity index (χ2v) is 9.92. The summed E-state index contributed by atoms with van der Waals surface area (Å²) in [6, 6.07) is 1.39. The molecule has 6 nitrogen and oxygen atoms in total. The van der Waals surface area contributed by atoms with E-state index < -0.39 is 68.4 Å². The lowest BCUT2D eigenvalue weighted by atomic mass is 10.1. The van der Waals surface area contributed by atoms with Gasteiger partial charge in [-0.3, -0.25) is 4.79 Å². The number of sulfone groups is 1. The van der Waals surface area contributed by atoms with Crippen LogP contribution in [0.4, 0.5) is 32.0 Å². The molecular formula is C16H11F6N3O3S2. The highest BCUT2D eigenvalue weighted by Crippen LogP contribution is 2.44. The highest BCUT2D eigenvalue weighted by atomic mass is 32.2. The van der Waals surface area contributed by atoms with E-state index in [1.807, 2.05) is 0 Å². The van der Waals surface area contributed by atoms with Gasteiger partial charge in [-0.1, -0.05) is 11.8 Å². The Balaban J connectivity index is 2.17. The van der Waals surface area contributed by atoms with E-state index >= 15 is 0 Å². The van der Waals surface area contributed by atoms with Crippen LogP contribution in [0.5, 0.6) is 0 Å². The molecule has 0 N–H and O–H groups in total. The molecule has 0 bridgehead atoms. The molecule has 1 aromatic carbocycles. The highest BCUT2D eigenvalue weighted by molar-refractivity contribution is 8.16. The van der Waals surface area contributed by atoms with Gasteiger partial charge in [0.25, 0.3) is 5.91 Å². The normalized spacial score (nSPS) is 24.7. The quantitative estimate of drug-likeness (QED) is 0.616. The first-order valence-corrected chi connectivity index (χ1v) is 10.9. The minimum absolute atomic E-state index is 0.0484. The predicted molar refractivity (Wildman–Crippen MR) is 95.4 cm³/mol. The molecule has 0 saturated carbocycles. The second-order valence-electron chi connectivity index (χ2n) is 6.56. The van der Waals surface area contributed by atoms with Crippen molar-refractivity contribution >= 4 is 38.4 Å². The molecular weight excluding hydrogens is 460 g/mol. The number of hydrogen-bond acceptors (Lipinski definition) is 5. The van der Waals surface area contributed by atoms with Crippen LogP contribution in [0.1, 0.15) is 17.5 Å². The molecule has 2 saturated heterocycles. The molecule has 14 heteroatoms. The van der Waals surface area contributed by atoms with Gasteiger partial charge < -0.3 is 4.90 Å². The molecule has 0 aliphatic carbocycles. The number of hydrogen-bond donors (Lipinski definition) is 0. The largest absolute Gasteiger partial charge is 0.416 e. The lowest BCUT2D eigenvalue weighted by Gasteiger charge is -2.26. The van der Waals surface area contributed by atoms with Crippen molar-refractivity contribution in [3.05, 3.63) is 29.3 Å². The number of thioether (sulfide) groups is 1. The maximum absolute atomic E-state index is 13.2. The number of halogens is 6. The number of nitriles is 1. The van der Waals surface area contributed by atoms with Crippen LogP contribution in [0, 0.1) is 11.3 Å². The van der Waals surface area contributed by atoms with Gasteiger partial charge in [0.05, 0.1) is 34.7 Å². The van der Waals surface area contributed by atoms with E-state index in [-0.39, 0.29) is 17.0 Å². The smallest absolute Gasteiger partial charge is 0.316 e. The fourth-order valence-electron chi connectivity index (χ4n) is 3.16. The van der Waals surface area contributed by atoms with Crippen LogP contribution in [-0.4, -0.2) is 42.3 Å². The summed E-state index contributed by atoms with van der Waals surface area (Å²) < 4.78 is 103. The van der Waals surface area contributed by atoms with E-state index in [0.29, 0.717) is 12.1 Å². The fourth-order valence-corrected chi connectivity index (χ4v) is 7.09. The Kier molecular flexibility index (Phi) is 5.57. The molecule has 2 aliphatic rings. The number of carbonyl (C=O) groups is 1. The first kappa shape index (κ1) is 22.4. The summed E-state index contributed by atoms with van der Waals surface area (Å²) in [5.41, 5.74) is -3.74. The first-order valence-electron chi connectivity index (χ1n) is 8.15. The summed E-state index contributed by atoms with van der Waals surface area (Å²) in [5, 5.41) is 7.61. The van der Waals surface area contributed by atoms with E-state index in [1.165, 1.54) is 6.07 Å². The number of amidine groups is 1. The van der Waals surface area contributed by atoms with Crippen LogP contribution in [0.15, 0.2) is 23.2 Å². The van der Waals surface area contributed by atoms with E-state index in [4.69, 9.17) is 5.26 Å². The highest BCUT2D eigenvalue weighted by Gasteiger charge is 2.50. The summed E-state index contributed by atoms with van der Waals surface area (Å²) in [6.45, 7) is 0. The van der Waals surface area contributed by atoms with Gasteiger partial charge in [-0.2, -0.15) is 36.6 Å². The molecule has 1 aromatic rings. The summed E-state index contributed by atoms with van der Waals surface area (Å²) >= 11 is 0.771. The van der Waals surface area contributed by atoms with Gasteiger partial charge in [0.15, 0.2) is 15.0 Å². The van der Waals surface area contributed by atoms with Crippen molar-refractivity contribution in [2.45, 2.75) is 30.1 Å². The van der Waals surface area contributed by atoms with Crippen molar-refractivity contribution in [1.82, 2.24) is 0 Å². The van der Waals surface area contributed by atoms with Crippen LogP contribution in [0.25, 0.3) is 0 Å². The maximum Gasteiger partial charge on any atom is 0.416 e. The zero-order valence-electron chi connectivity index (χ0n) is 14.7. The van der Waals surface area contributed by atoms with Gasteiger partial charge in [0.2, 0.25) is 0 Å². The molecule has 0 spiro atoms. The molecule has 0 radical (unpaired) electrons. The van der Waals surface area contributed by atoms with Gasteiger partial charge >= 0.3 is 12.4 Å². The zero-order valence-corrected chi connectivity index (χ0v) is 16.3. The summed E-state index contributed by atoms with van der Waals surface area (Å²) in [4.78, 5) is 16.3. The lowest BCUT2D eigenvalue weighted by Crippen LogP contribution is -2.38. The fraction of sp³-hybridized carbons (Fsp3) is 0.438. The van der Waals surface area contributed by atoms with Gasteiger partial charge in [0, 0.05) is 10.9 Å². The van der Waals surface area contributed by atoms with Crippen LogP contribution >= 0.6 is 11.8 Å². The molecule has 2 aliphatic heterocycles. The average Bonchev–Trinajstić information content (AvgIpc) is 3.03. The van der Waals surface area contributed by atoms with E-state index in [1.54, 1.807) is 0 Å². The minimum atomic E-state index is -5.10. The van der Waals surface area contributed by atoms with Crippen molar-refractivity contribution in [2.75, 3.05) is 16.4 Å². The van der Waals surface area contributed by atoms with Crippen molar-refractivity contribution in [1.29, 1.82) is 5.26 Å². The molecule has 2 heterocycles. The average molecular weight is 471 g/mol. The number of alkyl halides is 6.